The van der Waals surface area contributed by atoms with E-state index >= 15 is 0 Å². The van der Waals surface area contributed by atoms with Crippen LogP contribution in [0.5, 0.6) is 0 Å². The highest BCUT2D eigenvalue weighted by Gasteiger charge is 2.24. The summed E-state index contributed by atoms with van der Waals surface area (Å²) >= 11 is 0. The van der Waals surface area contributed by atoms with Crippen molar-refractivity contribution in [3.63, 3.8) is 0 Å². The maximum absolute atomic E-state index is 12.0. The molecule has 1 aromatic rings. The van der Waals surface area contributed by atoms with Crippen molar-refractivity contribution in [2.24, 2.45) is 0 Å². The number of hydrogen-bond donors (Lipinski definition) is 1. The van der Waals surface area contributed by atoms with E-state index in [1.54, 1.807) is 32.9 Å². The minimum absolute atomic E-state index is 0.0635. The summed E-state index contributed by atoms with van der Waals surface area (Å²) in [4.78, 5) is 34.3. The summed E-state index contributed by atoms with van der Waals surface area (Å²) in [7, 11) is 1.24. The number of carbonyl (C=O) groups is 2. The van der Waals surface area contributed by atoms with Gasteiger partial charge in [0.1, 0.15) is 5.60 Å². The van der Waals surface area contributed by atoms with Gasteiger partial charge in [0.25, 0.3) is 5.69 Å². The van der Waals surface area contributed by atoms with Gasteiger partial charge in [-0.15, -0.1) is 0 Å². The summed E-state index contributed by atoms with van der Waals surface area (Å²) in [6.45, 7) is 6.96. The van der Waals surface area contributed by atoms with Crippen molar-refractivity contribution in [1.29, 1.82) is 0 Å². The Morgan fingerprint density at radius 2 is 1.96 bits per heavy atom. The van der Waals surface area contributed by atoms with Gasteiger partial charge in [-0.1, -0.05) is 11.6 Å². The number of nitrogens with one attached hydrogen (secondary N) is 1. The van der Waals surface area contributed by atoms with Crippen LogP contribution in [0.25, 0.3) is 0 Å². The van der Waals surface area contributed by atoms with E-state index in [0.29, 0.717) is 5.56 Å². The number of nitrogens with zero attached hydrogens (tertiary/aromatic N) is 1. The second-order valence-corrected chi connectivity index (χ2v) is 6.72. The van der Waals surface area contributed by atoms with E-state index < -0.39 is 28.6 Å². The van der Waals surface area contributed by atoms with Crippen molar-refractivity contribution in [3.05, 3.63) is 39.4 Å². The number of nitro groups is 1. The monoisotopic (exact) mass is 352 g/mol. The largest absolute Gasteiger partial charge is 0.469 e. The number of nitro benzene ring substituents is 1. The molecule has 0 saturated heterocycles. The van der Waals surface area contributed by atoms with E-state index in [1.807, 2.05) is 6.92 Å². The van der Waals surface area contributed by atoms with E-state index in [2.05, 4.69) is 10.1 Å². The quantitative estimate of drug-likeness (QED) is 0.479. The molecule has 0 aliphatic heterocycles. The van der Waals surface area contributed by atoms with Gasteiger partial charge in [0, 0.05) is 24.1 Å². The lowest BCUT2D eigenvalue weighted by atomic mass is 10.00. The molecule has 25 heavy (non-hydrogen) atoms. The fourth-order valence-electron chi connectivity index (χ4n) is 2.25. The normalized spacial score (nSPS) is 12.2. The highest BCUT2D eigenvalue weighted by molar-refractivity contribution is 5.73. The number of carbonyl (C=O) groups excluding carboxylic acids is 2. The third-order valence-corrected chi connectivity index (χ3v) is 3.26. The predicted octanol–water partition coefficient (Wildman–Crippen LogP) is 2.90. The molecule has 0 radical (unpaired) electrons. The van der Waals surface area contributed by atoms with Gasteiger partial charge < -0.3 is 14.8 Å². The van der Waals surface area contributed by atoms with Crippen molar-refractivity contribution in [2.45, 2.75) is 52.2 Å². The Bertz CT molecular complexity index is 651. The third-order valence-electron chi connectivity index (χ3n) is 3.26. The number of rotatable bonds is 6. The highest BCUT2D eigenvalue weighted by atomic mass is 16.6. The van der Waals surface area contributed by atoms with Crippen LogP contribution in [0.4, 0.5) is 10.5 Å². The Labute approximate surface area is 146 Å². The molecule has 1 amide bonds. The zero-order chi connectivity index (χ0) is 19.2. The van der Waals surface area contributed by atoms with Gasteiger partial charge in [0.15, 0.2) is 0 Å². The number of esters is 1. The van der Waals surface area contributed by atoms with Crippen molar-refractivity contribution in [3.8, 4) is 0 Å². The molecule has 0 bridgehead atoms. The van der Waals surface area contributed by atoms with Gasteiger partial charge in [0.05, 0.1) is 18.5 Å². The smallest absolute Gasteiger partial charge is 0.407 e. The zero-order valence-corrected chi connectivity index (χ0v) is 15.1. The summed E-state index contributed by atoms with van der Waals surface area (Å²) < 4.78 is 9.82. The van der Waals surface area contributed by atoms with E-state index in [1.165, 1.54) is 13.2 Å². The first-order chi connectivity index (χ1) is 11.5. The molecule has 8 heteroatoms. The molecule has 1 unspecified atom stereocenters. The first kappa shape index (κ1) is 20.4. The minimum atomic E-state index is -0.699. The topological polar surface area (TPSA) is 108 Å². The van der Waals surface area contributed by atoms with Gasteiger partial charge in [-0.3, -0.25) is 14.9 Å². The lowest BCUT2D eigenvalue weighted by molar-refractivity contribution is -0.385. The fourth-order valence-corrected chi connectivity index (χ4v) is 2.25. The lowest BCUT2D eigenvalue weighted by Gasteiger charge is -2.23. The summed E-state index contributed by atoms with van der Waals surface area (Å²) in [5.74, 6) is -0.531. The standard InChI is InChI=1S/C17H24N2O6/c1-11-6-7-14(19(22)23)12(8-11)9-13(10-15(20)24-5)18-16(21)25-17(2,3)4/h6-8,13H,9-10H2,1-5H3,(H,18,21). The van der Waals surface area contributed by atoms with Crippen LogP contribution in [-0.2, 0) is 20.7 Å². The van der Waals surface area contributed by atoms with Crippen LogP contribution in [0.15, 0.2) is 18.2 Å². The van der Waals surface area contributed by atoms with Crippen LogP contribution in [0.2, 0.25) is 0 Å². The van der Waals surface area contributed by atoms with E-state index in [0.717, 1.165) is 5.56 Å². The number of alkyl carbamates (subject to hydrolysis) is 1. The Hall–Kier alpha value is -2.64. The average molecular weight is 352 g/mol. The molecule has 0 saturated carbocycles. The Balaban J connectivity index is 3.01. The number of ether oxygens (including phenoxy) is 2. The van der Waals surface area contributed by atoms with Gasteiger partial charge >= 0.3 is 12.1 Å². The minimum Gasteiger partial charge on any atom is -0.469 e. The molecule has 0 fully saturated rings. The molecule has 1 rings (SSSR count). The van der Waals surface area contributed by atoms with Gasteiger partial charge in [-0.2, -0.15) is 0 Å². The second kappa shape index (κ2) is 8.46. The van der Waals surface area contributed by atoms with Crippen LogP contribution in [0.1, 0.15) is 38.3 Å². The van der Waals surface area contributed by atoms with E-state index in [4.69, 9.17) is 4.74 Å². The van der Waals surface area contributed by atoms with Crippen molar-refractivity contribution < 1.29 is 24.0 Å². The SMILES string of the molecule is COC(=O)CC(Cc1cc(C)ccc1[N+](=O)[O-])NC(=O)OC(C)(C)C. The maximum Gasteiger partial charge on any atom is 0.407 e. The molecule has 0 aliphatic carbocycles. The van der Waals surface area contributed by atoms with Crippen LogP contribution in [0, 0.1) is 17.0 Å². The molecular weight excluding hydrogens is 328 g/mol. The molecule has 0 aromatic heterocycles. The highest BCUT2D eigenvalue weighted by Crippen LogP contribution is 2.22. The number of amides is 1. The summed E-state index contributed by atoms with van der Waals surface area (Å²) in [6.07, 6.45) is -0.718. The summed E-state index contributed by atoms with van der Waals surface area (Å²) in [5.41, 5.74) is 0.506. The van der Waals surface area contributed by atoms with Gasteiger partial charge in [-0.05, 0) is 33.8 Å². The molecule has 138 valence electrons. The maximum atomic E-state index is 12.0. The third kappa shape index (κ3) is 7.19. The van der Waals surface area contributed by atoms with Crippen molar-refractivity contribution >= 4 is 17.7 Å². The zero-order valence-electron chi connectivity index (χ0n) is 15.1. The number of hydrogen-bond acceptors (Lipinski definition) is 6. The fraction of sp³-hybridized carbons (Fsp3) is 0.529. The molecular formula is C17H24N2O6. The van der Waals surface area contributed by atoms with Crippen LogP contribution in [-0.4, -0.2) is 35.7 Å². The number of benzene rings is 1. The van der Waals surface area contributed by atoms with Gasteiger partial charge in [0.2, 0.25) is 0 Å². The van der Waals surface area contributed by atoms with Crippen LogP contribution < -0.4 is 5.32 Å². The molecule has 1 atom stereocenters. The first-order valence-electron chi connectivity index (χ1n) is 7.82. The van der Waals surface area contributed by atoms with E-state index in [-0.39, 0.29) is 18.5 Å². The first-order valence-corrected chi connectivity index (χ1v) is 7.82. The average Bonchev–Trinajstić information content (AvgIpc) is 2.44. The Morgan fingerprint density at radius 3 is 2.48 bits per heavy atom. The molecule has 0 spiro atoms. The molecule has 1 N–H and O–H groups in total. The second-order valence-electron chi connectivity index (χ2n) is 6.72. The molecule has 0 heterocycles. The predicted molar refractivity (Wildman–Crippen MR) is 91.3 cm³/mol. The Kier molecular flexibility index (Phi) is 6.90. The van der Waals surface area contributed by atoms with Crippen LogP contribution in [0.3, 0.4) is 0 Å². The van der Waals surface area contributed by atoms with Crippen LogP contribution >= 0.6 is 0 Å². The summed E-state index contributed by atoms with van der Waals surface area (Å²) in [6, 6.07) is 4.02. The Morgan fingerprint density at radius 1 is 1.32 bits per heavy atom. The van der Waals surface area contributed by atoms with Gasteiger partial charge in [-0.25, -0.2) is 4.79 Å². The van der Waals surface area contributed by atoms with E-state index in [9.17, 15) is 19.7 Å². The summed E-state index contributed by atoms with van der Waals surface area (Å²) in [5, 5.41) is 13.8. The molecule has 1 aromatic carbocycles. The van der Waals surface area contributed by atoms with Crippen molar-refractivity contribution in [1.82, 2.24) is 5.32 Å². The number of methoxy groups -OCH3 is 1. The molecule has 8 nitrogen and oxygen atoms in total. The lowest BCUT2D eigenvalue weighted by Crippen LogP contribution is -2.41. The number of aryl methyl sites for hydroxylation is 1. The van der Waals surface area contributed by atoms with Crippen molar-refractivity contribution in [2.75, 3.05) is 7.11 Å². The molecule has 0 aliphatic rings.